The smallest absolute Gasteiger partial charge is 0.233 e. The lowest BCUT2D eigenvalue weighted by Crippen LogP contribution is -2.43. The van der Waals surface area contributed by atoms with Gasteiger partial charge in [-0.25, -0.2) is 0 Å². The molecule has 2 N–H and O–H groups in total. The summed E-state index contributed by atoms with van der Waals surface area (Å²) in [7, 11) is 0. The number of carbonyl (C=O) groups is 2. The van der Waals surface area contributed by atoms with E-state index in [2.05, 4.69) is 54.0 Å². The number of fused-ring (bicyclic) bond motifs is 8. The Morgan fingerprint density at radius 1 is 1.06 bits per heavy atom. The molecule has 4 aliphatic carbocycles. The van der Waals surface area contributed by atoms with E-state index in [9.17, 15) is 9.59 Å². The standard InChI is InChI=1S/C26H32N4O2/c1-2-27-26(29-14-20-19-10-9-15-5-3-4-6-18(15)23(19)20)28-11-12-30-24(31)21-16-7-8-17(13-16)22(21)25(30)32/h3-8,16-17,19-23H,2,9-14H2,1H3,(H2,27,28,29). The molecule has 1 aromatic rings. The third-order valence-corrected chi connectivity index (χ3v) is 8.49. The lowest BCUT2D eigenvalue weighted by Gasteiger charge is -2.18. The van der Waals surface area contributed by atoms with Gasteiger partial charge in [0.25, 0.3) is 0 Å². The first-order chi connectivity index (χ1) is 15.7. The molecule has 6 nitrogen and oxygen atoms in total. The molecule has 1 aliphatic heterocycles. The fourth-order valence-electron chi connectivity index (χ4n) is 6.97. The number of carbonyl (C=O) groups excluding carboxylic acids is 2. The van der Waals surface area contributed by atoms with Crippen LogP contribution in [0.2, 0.25) is 0 Å². The van der Waals surface area contributed by atoms with Gasteiger partial charge in [0.15, 0.2) is 5.96 Å². The molecule has 0 aromatic heterocycles. The lowest BCUT2D eigenvalue weighted by atomic mass is 9.85. The zero-order valence-corrected chi connectivity index (χ0v) is 18.7. The van der Waals surface area contributed by atoms with Crippen molar-refractivity contribution in [1.29, 1.82) is 0 Å². The zero-order chi connectivity index (χ0) is 21.8. The van der Waals surface area contributed by atoms with Gasteiger partial charge < -0.3 is 10.6 Å². The van der Waals surface area contributed by atoms with Gasteiger partial charge in [0, 0.05) is 26.2 Å². The summed E-state index contributed by atoms with van der Waals surface area (Å²) in [5, 5.41) is 6.67. The molecule has 1 heterocycles. The number of rotatable bonds is 6. The van der Waals surface area contributed by atoms with Crippen molar-refractivity contribution in [2.24, 2.45) is 40.5 Å². The highest BCUT2D eigenvalue weighted by Gasteiger charge is 2.59. The number of imide groups is 1. The third kappa shape index (κ3) is 3.10. The summed E-state index contributed by atoms with van der Waals surface area (Å²) < 4.78 is 0. The summed E-state index contributed by atoms with van der Waals surface area (Å²) in [5.74, 6) is 3.21. The van der Waals surface area contributed by atoms with Crippen LogP contribution in [0.4, 0.5) is 0 Å². The SMILES string of the molecule is CCNC(=NCC1C2CCc3ccccc3C21)NCCN1C(=O)C2C3C=CC(C3)C2C1=O. The highest BCUT2D eigenvalue weighted by atomic mass is 16.2. The minimum absolute atomic E-state index is 0.0290. The zero-order valence-electron chi connectivity index (χ0n) is 18.7. The maximum absolute atomic E-state index is 12.9. The molecule has 2 amide bonds. The molecule has 5 aliphatic rings. The Morgan fingerprint density at radius 3 is 2.56 bits per heavy atom. The molecule has 168 valence electrons. The van der Waals surface area contributed by atoms with E-state index >= 15 is 0 Å². The Kier molecular flexibility index (Phi) is 4.85. The topological polar surface area (TPSA) is 73.8 Å². The number of likely N-dealkylation sites (tertiary alicyclic amines) is 1. The molecule has 0 spiro atoms. The molecule has 2 saturated carbocycles. The molecule has 2 bridgehead atoms. The highest BCUT2D eigenvalue weighted by molar-refractivity contribution is 6.06. The van der Waals surface area contributed by atoms with E-state index in [1.807, 2.05) is 0 Å². The molecule has 6 rings (SSSR count). The van der Waals surface area contributed by atoms with Gasteiger partial charge in [-0.2, -0.15) is 0 Å². The van der Waals surface area contributed by atoms with Gasteiger partial charge in [0.05, 0.1) is 11.8 Å². The highest BCUT2D eigenvalue weighted by Crippen LogP contribution is 2.59. The Morgan fingerprint density at radius 2 is 1.81 bits per heavy atom. The van der Waals surface area contributed by atoms with E-state index < -0.39 is 0 Å². The second kappa shape index (κ2) is 7.75. The quantitative estimate of drug-likeness (QED) is 0.313. The number of nitrogens with one attached hydrogen (secondary N) is 2. The van der Waals surface area contributed by atoms with Gasteiger partial charge in [0.2, 0.25) is 11.8 Å². The maximum atomic E-state index is 12.9. The predicted molar refractivity (Wildman–Crippen MR) is 123 cm³/mol. The summed E-state index contributed by atoms with van der Waals surface area (Å²) in [6.45, 7) is 4.61. The van der Waals surface area contributed by atoms with Crippen LogP contribution in [0.5, 0.6) is 0 Å². The summed E-state index contributed by atoms with van der Waals surface area (Å²) in [4.78, 5) is 32.1. The summed E-state index contributed by atoms with van der Waals surface area (Å²) in [5.41, 5.74) is 3.04. The molecular formula is C26H32N4O2. The van der Waals surface area contributed by atoms with Crippen molar-refractivity contribution in [3.8, 4) is 0 Å². The number of hydrogen-bond acceptors (Lipinski definition) is 3. The van der Waals surface area contributed by atoms with Crippen molar-refractivity contribution in [2.45, 2.75) is 32.1 Å². The average Bonchev–Trinajstić information content (AvgIpc) is 3.06. The van der Waals surface area contributed by atoms with Crippen molar-refractivity contribution in [1.82, 2.24) is 15.5 Å². The summed E-state index contributed by atoms with van der Waals surface area (Å²) in [6, 6.07) is 8.86. The molecule has 1 aromatic carbocycles. The van der Waals surface area contributed by atoms with Crippen LogP contribution in [0.25, 0.3) is 0 Å². The second-order valence-electron chi connectivity index (χ2n) is 10.1. The number of benzene rings is 1. The molecular weight excluding hydrogens is 400 g/mol. The average molecular weight is 433 g/mol. The molecule has 3 fully saturated rings. The second-order valence-corrected chi connectivity index (χ2v) is 10.1. The Hall–Kier alpha value is -2.63. The monoisotopic (exact) mass is 432 g/mol. The Balaban J connectivity index is 1.05. The predicted octanol–water partition coefficient (Wildman–Crippen LogP) is 2.32. The summed E-state index contributed by atoms with van der Waals surface area (Å²) >= 11 is 0. The van der Waals surface area contributed by atoms with Crippen LogP contribution in [0, 0.1) is 35.5 Å². The number of nitrogens with zero attached hydrogens (tertiary/aromatic N) is 2. The number of guanidine groups is 1. The minimum Gasteiger partial charge on any atom is -0.357 e. The lowest BCUT2D eigenvalue weighted by molar-refractivity contribution is -0.140. The molecule has 1 saturated heterocycles. The van der Waals surface area contributed by atoms with Crippen molar-refractivity contribution >= 4 is 17.8 Å². The fourth-order valence-corrected chi connectivity index (χ4v) is 6.97. The first kappa shape index (κ1) is 20.0. The Bertz CT molecular complexity index is 971. The van der Waals surface area contributed by atoms with E-state index in [4.69, 9.17) is 4.99 Å². The molecule has 32 heavy (non-hydrogen) atoms. The minimum atomic E-state index is -0.111. The van der Waals surface area contributed by atoms with Crippen molar-refractivity contribution in [2.75, 3.05) is 26.2 Å². The number of amides is 2. The first-order valence-electron chi connectivity index (χ1n) is 12.3. The van der Waals surface area contributed by atoms with Crippen molar-refractivity contribution in [3.63, 3.8) is 0 Å². The number of aryl methyl sites for hydroxylation is 1. The van der Waals surface area contributed by atoms with Gasteiger partial charge >= 0.3 is 0 Å². The van der Waals surface area contributed by atoms with Gasteiger partial charge in [0.1, 0.15) is 0 Å². The first-order valence-corrected chi connectivity index (χ1v) is 12.3. The summed E-state index contributed by atoms with van der Waals surface area (Å²) in [6.07, 6.45) is 7.71. The van der Waals surface area contributed by atoms with Crippen LogP contribution in [-0.4, -0.2) is 48.9 Å². The van der Waals surface area contributed by atoms with Gasteiger partial charge in [-0.1, -0.05) is 36.4 Å². The number of hydrogen-bond donors (Lipinski definition) is 2. The van der Waals surface area contributed by atoms with E-state index in [0.29, 0.717) is 24.9 Å². The number of aliphatic imine (C=N–C) groups is 1. The van der Waals surface area contributed by atoms with Crippen LogP contribution >= 0.6 is 0 Å². The van der Waals surface area contributed by atoms with E-state index in [0.717, 1.165) is 31.4 Å². The Labute approximate surface area is 189 Å². The van der Waals surface area contributed by atoms with E-state index in [-0.39, 0.29) is 35.5 Å². The normalized spacial score (nSPS) is 36.2. The maximum Gasteiger partial charge on any atom is 0.233 e. The molecule has 0 radical (unpaired) electrons. The van der Waals surface area contributed by atoms with E-state index in [1.54, 1.807) is 0 Å². The van der Waals surface area contributed by atoms with Crippen molar-refractivity contribution in [3.05, 3.63) is 47.5 Å². The largest absolute Gasteiger partial charge is 0.357 e. The van der Waals surface area contributed by atoms with E-state index in [1.165, 1.54) is 28.9 Å². The van der Waals surface area contributed by atoms with Crippen LogP contribution in [0.15, 0.2) is 41.4 Å². The molecule has 7 unspecified atom stereocenters. The van der Waals surface area contributed by atoms with Gasteiger partial charge in [-0.05, 0) is 66.9 Å². The van der Waals surface area contributed by atoms with Crippen LogP contribution in [0.1, 0.15) is 36.8 Å². The number of allylic oxidation sites excluding steroid dienone is 2. The van der Waals surface area contributed by atoms with Gasteiger partial charge in [-0.3, -0.25) is 19.5 Å². The third-order valence-electron chi connectivity index (χ3n) is 8.49. The fraction of sp³-hybridized carbons (Fsp3) is 0.577. The molecule has 7 atom stereocenters. The van der Waals surface area contributed by atoms with Crippen LogP contribution < -0.4 is 10.6 Å². The van der Waals surface area contributed by atoms with Crippen molar-refractivity contribution < 1.29 is 9.59 Å². The van der Waals surface area contributed by atoms with Crippen LogP contribution in [-0.2, 0) is 16.0 Å². The molecule has 6 heteroatoms. The van der Waals surface area contributed by atoms with Gasteiger partial charge in [-0.15, -0.1) is 0 Å². The van der Waals surface area contributed by atoms with Crippen LogP contribution in [0.3, 0.4) is 0 Å².